The van der Waals surface area contributed by atoms with Crippen molar-refractivity contribution in [2.75, 3.05) is 5.32 Å². The molecule has 2 heterocycles. The Morgan fingerprint density at radius 2 is 1.97 bits per heavy atom. The van der Waals surface area contributed by atoms with E-state index < -0.39 is 29.8 Å². The maximum absolute atomic E-state index is 12.8. The second kappa shape index (κ2) is 6.89. The molecule has 0 aliphatic heterocycles. The maximum atomic E-state index is 12.8. The molecular formula is C18H11ClF3N5O2. The van der Waals surface area contributed by atoms with Crippen LogP contribution >= 0.6 is 11.6 Å². The van der Waals surface area contributed by atoms with Crippen molar-refractivity contribution in [3.05, 3.63) is 69.6 Å². The van der Waals surface area contributed by atoms with Gasteiger partial charge in [-0.05, 0) is 36.4 Å². The van der Waals surface area contributed by atoms with E-state index in [1.165, 1.54) is 35.0 Å². The average molecular weight is 422 g/mol. The third-order valence-corrected chi connectivity index (χ3v) is 4.48. The molecule has 4 rings (SSSR count). The number of alkyl halides is 3. The van der Waals surface area contributed by atoms with Crippen molar-refractivity contribution >= 4 is 39.7 Å². The summed E-state index contributed by atoms with van der Waals surface area (Å²) in [5.74, 6) is -0.678. The molecule has 1 N–H and O–H groups in total. The minimum absolute atomic E-state index is 0.0342. The predicted molar refractivity (Wildman–Crippen MR) is 99.8 cm³/mol. The largest absolute Gasteiger partial charge is 0.416 e. The van der Waals surface area contributed by atoms with Crippen molar-refractivity contribution in [2.45, 2.75) is 12.7 Å². The number of anilines is 1. The SMILES string of the molecule is O=C(Cn1c(=O)c2ccc(Cl)cc2n2nncc12)Nc1cccc(C(F)(F)F)c1. The molecule has 7 nitrogen and oxygen atoms in total. The zero-order valence-corrected chi connectivity index (χ0v) is 15.2. The number of hydrogen-bond acceptors (Lipinski definition) is 4. The van der Waals surface area contributed by atoms with Crippen molar-refractivity contribution in [2.24, 2.45) is 0 Å². The van der Waals surface area contributed by atoms with E-state index in [-0.39, 0.29) is 16.7 Å². The molecule has 0 saturated heterocycles. The first-order chi connectivity index (χ1) is 13.7. The van der Waals surface area contributed by atoms with Crippen LogP contribution in [0.3, 0.4) is 0 Å². The van der Waals surface area contributed by atoms with Gasteiger partial charge in [-0.2, -0.15) is 17.7 Å². The molecule has 4 aromatic rings. The highest BCUT2D eigenvalue weighted by Crippen LogP contribution is 2.30. The Morgan fingerprint density at radius 1 is 1.17 bits per heavy atom. The van der Waals surface area contributed by atoms with E-state index in [9.17, 15) is 22.8 Å². The fourth-order valence-corrected chi connectivity index (χ4v) is 3.13. The van der Waals surface area contributed by atoms with Crippen LogP contribution in [0.25, 0.3) is 16.6 Å². The Balaban J connectivity index is 1.70. The summed E-state index contributed by atoms with van der Waals surface area (Å²) in [6.45, 7) is -0.440. The quantitative estimate of drug-likeness (QED) is 0.550. The van der Waals surface area contributed by atoms with Crippen molar-refractivity contribution in [3.63, 3.8) is 0 Å². The summed E-state index contributed by atoms with van der Waals surface area (Å²) in [4.78, 5) is 25.3. The lowest BCUT2D eigenvalue weighted by atomic mass is 10.2. The fraction of sp³-hybridized carbons (Fsp3) is 0.111. The standard InChI is InChI=1S/C18H11ClF3N5O2/c19-11-4-5-13-14(7-11)27-16(8-23-25-27)26(17(13)29)9-15(28)24-12-3-1-2-10(6-12)18(20,21)22/h1-8H,9H2,(H,24,28). The third-order valence-electron chi connectivity index (χ3n) is 4.25. The van der Waals surface area contributed by atoms with Gasteiger partial charge in [0.25, 0.3) is 5.56 Å². The van der Waals surface area contributed by atoms with E-state index in [2.05, 4.69) is 15.6 Å². The zero-order chi connectivity index (χ0) is 20.8. The molecule has 148 valence electrons. The molecular weight excluding hydrogens is 411 g/mol. The highest BCUT2D eigenvalue weighted by Gasteiger charge is 2.30. The van der Waals surface area contributed by atoms with Crippen LogP contribution in [0.15, 0.2) is 53.5 Å². The first kappa shape index (κ1) is 18.9. The van der Waals surface area contributed by atoms with Crippen molar-refractivity contribution in [3.8, 4) is 0 Å². The molecule has 0 bridgehead atoms. The van der Waals surface area contributed by atoms with Crippen LogP contribution in [-0.2, 0) is 17.5 Å². The van der Waals surface area contributed by atoms with Gasteiger partial charge in [0.2, 0.25) is 5.91 Å². The van der Waals surface area contributed by atoms with Gasteiger partial charge in [-0.25, -0.2) is 0 Å². The molecule has 0 spiro atoms. The second-order valence-electron chi connectivity index (χ2n) is 6.18. The number of nitrogens with zero attached hydrogens (tertiary/aromatic N) is 4. The van der Waals surface area contributed by atoms with Gasteiger partial charge in [0.05, 0.1) is 22.7 Å². The number of fused-ring (bicyclic) bond motifs is 3. The zero-order valence-electron chi connectivity index (χ0n) is 14.4. The van der Waals surface area contributed by atoms with E-state index in [0.717, 1.165) is 16.7 Å². The lowest BCUT2D eigenvalue weighted by Gasteiger charge is -2.12. The van der Waals surface area contributed by atoms with Gasteiger partial charge in [-0.15, -0.1) is 5.10 Å². The molecule has 1 amide bonds. The van der Waals surface area contributed by atoms with Crippen LogP contribution in [0.5, 0.6) is 0 Å². The molecule has 0 unspecified atom stereocenters. The van der Waals surface area contributed by atoms with E-state index >= 15 is 0 Å². The summed E-state index contributed by atoms with van der Waals surface area (Å²) < 4.78 is 41.0. The number of benzene rings is 2. The second-order valence-corrected chi connectivity index (χ2v) is 6.62. The predicted octanol–water partition coefficient (Wildman–Crippen LogP) is 3.36. The van der Waals surface area contributed by atoms with E-state index in [1.807, 2.05) is 0 Å². The van der Waals surface area contributed by atoms with Gasteiger partial charge >= 0.3 is 6.18 Å². The molecule has 0 aliphatic rings. The lowest BCUT2D eigenvalue weighted by molar-refractivity contribution is -0.137. The number of carbonyl (C=O) groups is 1. The number of carbonyl (C=O) groups excluding carboxylic acids is 1. The summed E-state index contributed by atoms with van der Waals surface area (Å²) in [5.41, 5.74) is -0.746. The van der Waals surface area contributed by atoms with E-state index in [4.69, 9.17) is 11.6 Å². The Kier molecular flexibility index (Phi) is 4.50. The summed E-state index contributed by atoms with van der Waals surface area (Å²) in [5, 5.41) is 10.7. The van der Waals surface area contributed by atoms with Gasteiger partial charge in [-0.1, -0.05) is 22.9 Å². The first-order valence-corrected chi connectivity index (χ1v) is 8.61. The van der Waals surface area contributed by atoms with Crippen molar-refractivity contribution in [1.82, 2.24) is 19.4 Å². The highest BCUT2D eigenvalue weighted by atomic mass is 35.5. The molecule has 0 fully saturated rings. The van der Waals surface area contributed by atoms with Crippen molar-refractivity contribution < 1.29 is 18.0 Å². The van der Waals surface area contributed by atoms with E-state index in [1.54, 1.807) is 6.07 Å². The summed E-state index contributed by atoms with van der Waals surface area (Å²) in [7, 11) is 0. The van der Waals surface area contributed by atoms with Gasteiger partial charge in [-0.3, -0.25) is 14.2 Å². The highest BCUT2D eigenvalue weighted by molar-refractivity contribution is 6.31. The van der Waals surface area contributed by atoms with E-state index in [0.29, 0.717) is 10.5 Å². The lowest BCUT2D eigenvalue weighted by Crippen LogP contribution is -2.29. The number of rotatable bonds is 3. The Hall–Kier alpha value is -3.40. The number of halogens is 4. The average Bonchev–Trinajstić information content (AvgIpc) is 3.14. The minimum Gasteiger partial charge on any atom is -0.325 e. The van der Waals surface area contributed by atoms with Crippen LogP contribution in [0.1, 0.15) is 5.56 Å². The number of amides is 1. The van der Waals surface area contributed by atoms with Crippen LogP contribution in [0.2, 0.25) is 5.02 Å². The van der Waals surface area contributed by atoms with Gasteiger partial charge < -0.3 is 5.32 Å². The fourth-order valence-electron chi connectivity index (χ4n) is 2.97. The van der Waals surface area contributed by atoms with Crippen LogP contribution in [0.4, 0.5) is 18.9 Å². The summed E-state index contributed by atoms with van der Waals surface area (Å²) in [6, 6.07) is 8.81. The molecule has 0 radical (unpaired) electrons. The van der Waals surface area contributed by atoms with Gasteiger partial charge in [0.1, 0.15) is 6.54 Å². The molecule has 0 aliphatic carbocycles. The van der Waals surface area contributed by atoms with Crippen LogP contribution in [0, 0.1) is 0 Å². The van der Waals surface area contributed by atoms with Gasteiger partial charge in [0.15, 0.2) is 5.65 Å². The topological polar surface area (TPSA) is 81.3 Å². The molecule has 2 aromatic heterocycles. The molecule has 29 heavy (non-hydrogen) atoms. The third kappa shape index (κ3) is 3.54. The number of nitrogens with one attached hydrogen (secondary N) is 1. The molecule has 2 aromatic carbocycles. The van der Waals surface area contributed by atoms with Gasteiger partial charge in [0, 0.05) is 10.7 Å². The van der Waals surface area contributed by atoms with Crippen LogP contribution in [-0.4, -0.2) is 25.3 Å². The monoisotopic (exact) mass is 421 g/mol. The van der Waals surface area contributed by atoms with Crippen molar-refractivity contribution in [1.29, 1.82) is 0 Å². The summed E-state index contributed by atoms with van der Waals surface area (Å²) in [6.07, 6.45) is -3.23. The minimum atomic E-state index is -4.53. The molecule has 11 heteroatoms. The maximum Gasteiger partial charge on any atom is 0.416 e. The molecule has 0 atom stereocenters. The number of aromatic nitrogens is 4. The Bertz CT molecular complexity index is 1310. The number of hydrogen-bond donors (Lipinski definition) is 1. The Morgan fingerprint density at radius 3 is 2.72 bits per heavy atom. The smallest absolute Gasteiger partial charge is 0.325 e. The Labute approximate surface area is 165 Å². The molecule has 0 saturated carbocycles. The normalized spacial score (nSPS) is 11.9. The van der Waals surface area contributed by atoms with Crippen LogP contribution < -0.4 is 10.9 Å². The first-order valence-electron chi connectivity index (χ1n) is 8.23. The summed E-state index contributed by atoms with van der Waals surface area (Å²) >= 11 is 5.98.